The van der Waals surface area contributed by atoms with Crippen molar-refractivity contribution in [1.29, 1.82) is 0 Å². The largest absolute Gasteiger partial charge is 0.392 e. The van der Waals surface area contributed by atoms with Gasteiger partial charge in [-0.2, -0.15) is 0 Å². The third-order valence-corrected chi connectivity index (χ3v) is 3.39. The molecule has 1 atom stereocenters. The molecule has 1 aromatic carbocycles. The number of carbonyl (C=O) groups excluding carboxylic acids is 2. The monoisotopic (exact) mass is 321 g/mol. The van der Waals surface area contributed by atoms with Crippen molar-refractivity contribution in [3.8, 4) is 0 Å². The molecule has 128 valence electrons. The molecule has 6 nitrogen and oxygen atoms in total. The van der Waals surface area contributed by atoms with Gasteiger partial charge in [-0.15, -0.1) is 0 Å². The van der Waals surface area contributed by atoms with Gasteiger partial charge < -0.3 is 15.7 Å². The topological polar surface area (TPSA) is 81.7 Å². The first-order valence-electron chi connectivity index (χ1n) is 7.87. The number of para-hydroxylation sites is 1. The number of aliphatic hydroxyl groups excluding tert-OH is 1. The number of Topliss-reactive ketones (excluding diaryl/α,β-unsaturated/α-hetero) is 1. The summed E-state index contributed by atoms with van der Waals surface area (Å²) in [5.41, 5.74) is 1.41. The molecule has 1 heterocycles. The molecule has 1 aromatic rings. The lowest BCUT2D eigenvalue weighted by Crippen LogP contribution is -2.33. The number of nitrogens with zero attached hydrogens (tertiary/aromatic N) is 1. The Hall–Kier alpha value is -1.76. The predicted octanol–water partition coefficient (Wildman–Crippen LogP) is 1.12. The van der Waals surface area contributed by atoms with Gasteiger partial charge in [-0.1, -0.05) is 12.1 Å². The molecule has 0 aliphatic carbocycles. The number of aliphatic hydroxyl groups is 1. The van der Waals surface area contributed by atoms with Crippen LogP contribution in [-0.4, -0.2) is 61.5 Å². The molecule has 0 spiro atoms. The minimum atomic E-state index is -0.0752. The van der Waals surface area contributed by atoms with Gasteiger partial charge in [-0.3, -0.25) is 14.5 Å². The van der Waals surface area contributed by atoms with Gasteiger partial charge in [-0.25, -0.2) is 0 Å². The zero-order valence-corrected chi connectivity index (χ0v) is 13.9. The van der Waals surface area contributed by atoms with Crippen molar-refractivity contribution in [1.82, 2.24) is 10.2 Å². The Morgan fingerprint density at radius 2 is 2.22 bits per heavy atom. The first-order valence-corrected chi connectivity index (χ1v) is 7.87. The van der Waals surface area contributed by atoms with Crippen LogP contribution in [0.3, 0.4) is 0 Å². The molecule has 2 rings (SSSR count). The Labute approximate surface area is 137 Å². The maximum absolute atomic E-state index is 10.9. The van der Waals surface area contributed by atoms with E-state index in [9.17, 15) is 9.59 Å². The Morgan fingerprint density at radius 3 is 2.74 bits per heavy atom. The van der Waals surface area contributed by atoms with Gasteiger partial charge in [0.2, 0.25) is 0 Å². The van der Waals surface area contributed by atoms with Crippen LogP contribution in [0.15, 0.2) is 24.3 Å². The van der Waals surface area contributed by atoms with Crippen LogP contribution >= 0.6 is 0 Å². The Morgan fingerprint density at radius 1 is 1.48 bits per heavy atom. The van der Waals surface area contributed by atoms with Crippen molar-refractivity contribution >= 4 is 17.8 Å². The first kappa shape index (κ1) is 19.3. The summed E-state index contributed by atoms with van der Waals surface area (Å²) in [7, 11) is 1.85. The minimum Gasteiger partial charge on any atom is -0.392 e. The lowest BCUT2D eigenvalue weighted by Gasteiger charge is -2.17. The summed E-state index contributed by atoms with van der Waals surface area (Å²) in [5, 5.41) is 15.0. The number of piperidine rings is 1. The van der Waals surface area contributed by atoms with Crippen LogP contribution in [0.2, 0.25) is 0 Å². The van der Waals surface area contributed by atoms with Gasteiger partial charge in [0.1, 0.15) is 5.78 Å². The number of hydrogen-bond donors (Lipinski definition) is 3. The van der Waals surface area contributed by atoms with E-state index in [4.69, 9.17) is 5.11 Å². The Balaban J connectivity index is 0.000000313. The van der Waals surface area contributed by atoms with Crippen LogP contribution in [0.25, 0.3) is 0 Å². The maximum atomic E-state index is 10.9. The van der Waals surface area contributed by atoms with Crippen LogP contribution < -0.4 is 10.6 Å². The van der Waals surface area contributed by atoms with E-state index in [0.717, 1.165) is 37.9 Å². The average Bonchev–Trinajstić information content (AvgIpc) is 2.54. The number of benzene rings is 1. The summed E-state index contributed by atoms with van der Waals surface area (Å²) in [4.78, 5) is 23.5. The summed E-state index contributed by atoms with van der Waals surface area (Å²) >= 11 is 0. The zero-order valence-electron chi connectivity index (χ0n) is 13.9. The second-order valence-corrected chi connectivity index (χ2v) is 5.76. The van der Waals surface area contributed by atoms with Gasteiger partial charge in [0, 0.05) is 17.8 Å². The molecular formula is C17H27N3O3. The molecule has 0 unspecified atom stereocenters. The molecule has 23 heavy (non-hydrogen) atoms. The van der Waals surface area contributed by atoms with Crippen LogP contribution in [0.4, 0.5) is 5.69 Å². The summed E-state index contributed by atoms with van der Waals surface area (Å²) < 4.78 is 0. The second-order valence-electron chi connectivity index (χ2n) is 5.76. The highest BCUT2D eigenvalue weighted by Crippen LogP contribution is 2.11. The number of anilines is 1. The molecular weight excluding hydrogens is 294 g/mol. The van der Waals surface area contributed by atoms with Gasteiger partial charge in [0.15, 0.2) is 6.29 Å². The molecule has 0 radical (unpaired) electrons. The molecule has 6 heteroatoms. The normalized spacial score (nSPS) is 17.1. The number of carbonyl (C=O) groups is 2. The SMILES string of the molecule is CC(=O)CN(C)CNc1ccccc1C=O.O[C@H]1CCCNC1. The molecule has 1 saturated heterocycles. The number of ketones is 1. The van der Waals surface area contributed by atoms with Crippen molar-refractivity contribution in [2.75, 3.05) is 38.7 Å². The summed E-state index contributed by atoms with van der Waals surface area (Å²) in [6.45, 7) is 4.35. The van der Waals surface area contributed by atoms with Crippen molar-refractivity contribution in [2.45, 2.75) is 25.9 Å². The van der Waals surface area contributed by atoms with E-state index < -0.39 is 0 Å². The standard InChI is InChI=1S/C12H16N2O2.C5H11NO/c1-10(16)7-14(2)9-13-12-6-4-3-5-11(12)8-15;7-5-2-1-3-6-4-5/h3-6,8,13H,7,9H2,1-2H3;5-7H,1-4H2/t;5-/m.0/s1. The van der Waals surface area contributed by atoms with Crippen molar-refractivity contribution < 1.29 is 14.7 Å². The van der Waals surface area contributed by atoms with E-state index in [1.807, 2.05) is 30.1 Å². The quantitative estimate of drug-likeness (QED) is 0.538. The highest BCUT2D eigenvalue weighted by molar-refractivity contribution is 5.84. The Kier molecular flexibility index (Phi) is 9.12. The number of likely N-dealkylation sites (N-methyl/N-ethyl adjacent to an activating group) is 1. The highest BCUT2D eigenvalue weighted by Gasteiger charge is 2.06. The number of nitrogens with one attached hydrogen (secondary N) is 2. The van der Waals surface area contributed by atoms with Gasteiger partial charge >= 0.3 is 0 Å². The smallest absolute Gasteiger partial charge is 0.152 e. The van der Waals surface area contributed by atoms with Crippen molar-refractivity contribution in [3.63, 3.8) is 0 Å². The van der Waals surface area contributed by atoms with Crippen molar-refractivity contribution in [3.05, 3.63) is 29.8 Å². The fourth-order valence-corrected chi connectivity index (χ4v) is 2.25. The van der Waals surface area contributed by atoms with Gasteiger partial charge in [-0.05, 0) is 45.5 Å². The highest BCUT2D eigenvalue weighted by atomic mass is 16.3. The van der Waals surface area contributed by atoms with Crippen LogP contribution in [0.5, 0.6) is 0 Å². The Bertz CT molecular complexity index is 488. The maximum Gasteiger partial charge on any atom is 0.152 e. The van der Waals surface area contributed by atoms with Crippen molar-refractivity contribution in [2.24, 2.45) is 0 Å². The number of hydrogen-bond acceptors (Lipinski definition) is 6. The van der Waals surface area contributed by atoms with E-state index in [1.54, 1.807) is 13.0 Å². The second kappa shape index (κ2) is 10.9. The van der Waals surface area contributed by atoms with Gasteiger partial charge in [0.05, 0.1) is 19.3 Å². The molecule has 3 N–H and O–H groups in total. The fourth-order valence-electron chi connectivity index (χ4n) is 2.25. The van der Waals surface area contributed by atoms with E-state index in [1.165, 1.54) is 0 Å². The molecule has 1 fully saturated rings. The average molecular weight is 321 g/mol. The molecule has 1 aliphatic rings. The molecule has 0 aromatic heterocycles. The third-order valence-electron chi connectivity index (χ3n) is 3.39. The zero-order chi connectivity index (χ0) is 17.1. The van der Waals surface area contributed by atoms with Crippen LogP contribution in [0.1, 0.15) is 30.1 Å². The summed E-state index contributed by atoms with van der Waals surface area (Å²) in [5.74, 6) is 0.118. The third kappa shape index (κ3) is 8.44. The summed E-state index contributed by atoms with van der Waals surface area (Å²) in [6.07, 6.45) is 2.84. The van der Waals surface area contributed by atoms with E-state index in [-0.39, 0.29) is 11.9 Å². The lowest BCUT2D eigenvalue weighted by molar-refractivity contribution is -0.117. The molecule has 0 saturated carbocycles. The number of aldehydes is 1. The minimum absolute atomic E-state index is 0.0752. The molecule has 1 aliphatic heterocycles. The lowest BCUT2D eigenvalue weighted by atomic mass is 10.1. The number of rotatable bonds is 6. The van der Waals surface area contributed by atoms with E-state index in [0.29, 0.717) is 18.8 Å². The van der Waals surface area contributed by atoms with E-state index in [2.05, 4.69) is 10.6 Å². The first-order chi connectivity index (χ1) is 11.0. The van der Waals surface area contributed by atoms with Gasteiger partial charge in [0.25, 0.3) is 0 Å². The van der Waals surface area contributed by atoms with Crippen LogP contribution in [0, 0.1) is 0 Å². The molecule has 0 amide bonds. The van der Waals surface area contributed by atoms with Crippen LogP contribution in [-0.2, 0) is 4.79 Å². The number of β-amino-alcohol motifs (C(OH)–C–C–N with tert-alkyl or cyclic N) is 1. The van der Waals surface area contributed by atoms with E-state index >= 15 is 0 Å². The fraction of sp³-hybridized carbons (Fsp3) is 0.529. The summed E-state index contributed by atoms with van der Waals surface area (Å²) in [6, 6.07) is 7.26. The predicted molar refractivity (Wildman–Crippen MR) is 91.7 cm³/mol. The molecule has 0 bridgehead atoms.